The molecule has 1 atom stereocenters. The van der Waals surface area contributed by atoms with Crippen LogP contribution >= 0.6 is 0 Å². The molecule has 0 spiro atoms. The molecule has 8 rings (SSSR count). The molecule has 0 aliphatic carbocycles. The monoisotopic (exact) mass is 768 g/mol. The van der Waals surface area contributed by atoms with Crippen LogP contribution in [0.3, 0.4) is 0 Å². The highest BCUT2D eigenvalue weighted by Gasteiger charge is 2.32. The summed E-state index contributed by atoms with van der Waals surface area (Å²) in [4.78, 5) is 22.6. The number of anilines is 3. The molecule has 15 heteroatoms. The molecule has 1 aliphatic rings. The van der Waals surface area contributed by atoms with E-state index in [2.05, 4.69) is 82.5 Å². The quantitative estimate of drug-likeness (QED) is 0.116. The fourth-order valence-corrected chi connectivity index (χ4v) is 6.73. The van der Waals surface area contributed by atoms with Crippen molar-refractivity contribution in [1.82, 2.24) is 34.4 Å². The Morgan fingerprint density at radius 3 is 1.89 bits per heavy atom. The first kappa shape index (κ1) is 38.3. The first-order chi connectivity index (χ1) is 27.2. The van der Waals surface area contributed by atoms with Gasteiger partial charge in [-0.25, -0.2) is 19.4 Å². The Morgan fingerprint density at radius 1 is 0.702 bits per heavy atom. The van der Waals surface area contributed by atoms with E-state index in [1.165, 1.54) is 35.9 Å². The molecule has 0 saturated heterocycles. The standard InChI is InChI=1S/C21H21FN6O.C21H24N6O/c1-11-7-16-17(8-12(11)2)28(13(3)24-16)20-10-19(23)26-21(27-20)25-14-5-6-18(29-4)15(22)9-14;1-12-9-17-18(10-13(12)2)27(14(3)24-17)20-11-19(22)25-21(23,26-20)15-5-7-16(28-4)8-6-15/h5-10H,1-4H3,(H3,23,25,26,27);5-11,26H,23H2,1-4H3,(H2,22,25). The summed E-state index contributed by atoms with van der Waals surface area (Å²) in [6.07, 6.45) is 1.78. The number of imidazole rings is 2. The number of fused-ring (bicyclic) bond motifs is 2. The third-order valence-electron chi connectivity index (χ3n) is 9.92. The molecule has 7 aromatic rings. The van der Waals surface area contributed by atoms with Crippen molar-refractivity contribution in [2.75, 3.05) is 25.3 Å². The molecular formula is C42H45FN12O2. The second kappa shape index (κ2) is 14.9. The van der Waals surface area contributed by atoms with Crippen molar-refractivity contribution in [1.29, 1.82) is 0 Å². The van der Waals surface area contributed by atoms with Crippen LogP contribution in [-0.4, -0.2) is 49.1 Å². The largest absolute Gasteiger partial charge is 0.497 e. The molecule has 1 unspecified atom stereocenters. The Balaban J connectivity index is 0.000000174. The lowest BCUT2D eigenvalue weighted by Gasteiger charge is -2.33. The number of nitrogen functional groups attached to an aromatic ring is 1. The van der Waals surface area contributed by atoms with E-state index in [9.17, 15) is 4.39 Å². The van der Waals surface area contributed by atoms with E-state index < -0.39 is 11.6 Å². The van der Waals surface area contributed by atoms with Gasteiger partial charge in [-0.15, -0.1) is 0 Å². The van der Waals surface area contributed by atoms with E-state index in [0.29, 0.717) is 17.3 Å². The van der Waals surface area contributed by atoms with Gasteiger partial charge in [0.1, 0.15) is 40.7 Å². The number of methoxy groups -OCH3 is 2. The normalized spacial score (nSPS) is 15.1. The molecule has 0 bridgehead atoms. The number of aliphatic imine (C=N–C) groups is 1. The second-order valence-corrected chi connectivity index (χ2v) is 14.0. The number of hydrogen-bond donors (Lipinski definition) is 5. The zero-order valence-electron chi connectivity index (χ0n) is 33.1. The second-order valence-electron chi connectivity index (χ2n) is 14.0. The van der Waals surface area contributed by atoms with E-state index in [-0.39, 0.29) is 17.5 Å². The highest BCUT2D eigenvalue weighted by molar-refractivity contribution is 5.98. The number of nitrogens with two attached hydrogens (primary N) is 3. The number of halogens is 1. The summed E-state index contributed by atoms with van der Waals surface area (Å²) < 4.78 is 28.1. The van der Waals surface area contributed by atoms with E-state index in [4.69, 9.17) is 31.7 Å². The van der Waals surface area contributed by atoms with Gasteiger partial charge >= 0.3 is 0 Å². The van der Waals surface area contributed by atoms with Crippen LogP contribution in [0.1, 0.15) is 39.5 Å². The number of ether oxygens (including phenoxy) is 2. The van der Waals surface area contributed by atoms with Crippen LogP contribution in [-0.2, 0) is 5.79 Å². The maximum atomic E-state index is 14.0. The van der Waals surface area contributed by atoms with E-state index in [0.717, 1.165) is 56.4 Å². The number of aromatic nitrogens is 6. The Labute approximate surface area is 329 Å². The average Bonchev–Trinajstić information content (AvgIpc) is 3.65. The van der Waals surface area contributed by atoms with Crippen molar-refractivity contribution in [3.05, 3.63) is 124 Å². The Morgan fingerprint density at radius 2 is 1.30 bits per heavy atom. The fraction of sp³-hybridized carbons (Fsp3) is 0.214. The predicted molar refractivity (Wildman–Crippen MR) is 223 cm³/mol. The number of nitrogens with one attached hydrogen (secondary N) is 2. The minimum Gasteiger partial charge on any atom is -0.497 e. The van der Waals surface area contributed by atoms with Crippen LogP contribution in [0, 0.1) is 47.4 Å². The van der Waals surface area contributed by atoms with Crippen LogP contribution in [0.2, 0.25) is 0 Å². The zero-order chi connectivity index (χ0) is 40.8. The predicted octanol–water partition coefficient (Wildman–Crippen LogP) is 6.71. The number of aryl methyl sites for hydroxylation is 6. The van der Waals surface area contributed by atoms with Gasteiger partial charge in [-0.1, -0.05) is 0 Å². The third kappa shape index (κ3) is 7.52. The molecule has 4 heterocycles. The molecule has 4 aromatic carbocycles. The Kier molecular flexibility index (Phi) is 10.0. The summed E-state index contributed by atoms with van der Waals surface area (Å²) in [5.74, 6) is 3.06. The smallest absolute Gasteiger partial charge is 0.231 e. The van der Waals surface area contributed by atoms with E-state index in [1.54, 1.807) is 25.3 Å². The Hall–Kier alpha value is -7.00. The fourth-order valence-electron chi connectivity index (χ4n) is 6.73. The van der Waals surface area contributed by atoms with Crippen molar-refractivity contribution < 1.29 is 13.9 Å². The number of rotatable bonds is 7. The van der Waals surface area contributed by atoms with Gasteiger partial charge in [-0.05, 0) is 124 Å². The molecule has 1 aliphatic heterocycles. The van der Waals surface area contributed by atoms with Crippen LogP contribution < -0.4 is 37.3 Å². The van der Waals surface area contributed by atoms with Crippen LogP contribution in [0.25, 0.3) is 33.7 Å². The van der Waals surface area contributed by atoms with Gasteiger partial charge < -0.3 is 31.6 Å². The van der Waals surface area contributed by atoms with Crippen LogP contribution in [0.4, 0.5) is 21.8 Å². The summed E-state index contributed by atoms with van der Waals surface area (Å²) in [6, 6.07) is 22.0. The zero-order valence-corrected chi connectivity index (χ0v) is 33.1. The molecule has 0 fully saturated rings. The van der Waals surface area contributed by atoms with Gasteiger partial charge in [0.25, 0.3) is 0 Å². The van der Waals surface area contributed by atoms with Crippen molar-refractivity contribution in [2.45, 2.75) is 47.3 Å². The van der Waals surface area contributed by atoms with Crippen molar-refractivity contribution >= 4 is 51.2 Å². The molecule has 8 N–H and O–H groups in total. The van der Waals surface area contributed by atoms with Crippen molar-refractivity contribution in [3.8, 4) is 17.3 Å². The molecule has 14 nitrogen and oxygen atoms in total. The van der Waals surface area contributed by atoms with Crippen molar-refractivity contribution in [3.63, 3.8) is 0 Å². The number of amidine groups is 1. The summed E-state index contributed by atoms with van der Waals surface area (Å²) in [5.41, 5.74) is 28.5. The highest BCUT2D eigenvalue weighted by atomic mass is 19.1. The van der Waals surface area contributed by atoms with Crippen LogP contribution in [0.15, 0.2) is 83.9 Å². The Bertz CT molecular complexity index is 2740. The lowest BCUT2D eigenvalue weighted by Crippen LogP contribution is -2.52. The highest BCUT2D eigenvalue weighted by Crippen LogP contribution is 2.30. The molecule has 292 valence electrons. The SMILES string of the molecule is COc1ccc(C2(N)N=C(N)C=C(n3c(C)nc4cc(C)c(C)cc43)N2)cc1.COc1ccc(Nc2nc(N)cc(-n3c(C)nc4cc(C)c(C)cc43)n2)cc1F. The van der Waals surface area contributed by atoms with Gasteiger partial charge in [-0.2, -0.15) is 9.97 Å². The maximum absolute atomic E-state index is 14.0. The van der Waals surface area contributed by atoms with Gasteiger partial charge in [0.15, 0.2) is 11.6 Å². The minimum atomic E-state index is -1.19. The minimum absolute atomic E-state index is 0.163. The van der Waals surface area contributed by atoms with Crippen LogP contribution in [0.5, 0.6) is 11.5 Å². The number of benzene rings is 4. The summed E-state index contributed by atoms with van der Waals surface area (Å²) in [5, 5.41) is 6.33. The molecule has 0 radical (unpaired) electrons. The summed E-state index contributed by atoms with van der Waals surface area (Å²) >= 11 is 0. The van der Waals surface area contributed by atoms with Gasteiger partial charge in [0, 0.05) is 29.5 Å². The first-order valence-electron chi connectivity index (χ1n) is 18.1. The lowest BCUT2D eigenvalue weighted by molar-refractivity contribution is 0.386. The molecule has 0 amide bonds. The maximum Gasteiger partial charge on any atom is 0.231 e. The van der Waals surface area contributed by atoms with E-state index >= 15 is 0 Å². The third-order valence-corrected chi connectivity index (χ3v) is 9.92. The van der Waals surface area contributed by atoms with Gasteiger partial charge in [0.05, 0.1) is 36.3 Å². The molecule has 57 heavy (non-hydrogen) atoms. The van der Waals surface area contributed by atoms with Gasteiger partial charge in [-0.3, -0.25) is 14.9 Å². The molecule has 0 saturated carbocycles. The summed E-state index contributed by atoms with van der Waals surface area (Å²) in [7, 11) is 3.04. The topological polar surface area (TPSA) is 194 Å². The summed E-state index contributed by atoms with van der Waals surface area (Å²) in [6.45, 7) is 12.2. The average molecular weight is 769 g/mol. The first-order valence-corrected chi connectivity index (χ1v) is 18.1. The van der Waals surface area contributed by atoms with Crippen molar-refractivity contribution in [2.24, 2.45) is 16.5 Å². The number of hydrogen-bond acceptors (Lipinski definition) is 12. The molecule has 3 aromatic heterocycles. The lowest BCUT2D eigenvalue weighted by atomic mass is 10.1. The van der Waals surface area contributed by atoms with E-state index in [1.807, 2.05) is 47.2 Å². The van der Waals surface area contributed by atoms with Gasteiger partial charge in [0.2, 0.25) is 11.7 Å². The molecular weight excluding hydrogens is 724 g/mol. The number of nitrogens with zero attached hydrogens (tertiary/aromatic N) is 7.